The van der Waals surface area contributed by atoms with E-state index in [1.54, 1.807) is 38.4 Å². The average Bonchev–Trinajstić information content (AvgIpc) is 2.68. The highest BCUT2D eigenvalue weighted by molar-refractivity contribution is 6.03. The Hall–Kier alpha value is -3.09. The first kappa shape index (κ1) is 17.7. The Kier molecular flexibility index (Phi) is 5.36. The summed E-state index contributed by atoms with van der Waals surface area (Å²) in [6.45, 7) is 4.51. The first-order valence-corrected chi connectivity index (χ1v) is 8.49. The molecule has 3 rings (SSSR count). The van der Waals surface area contributed by atoms with E-state index in [4.69, 9.17) is 4.74 Å². The van der Waals surface area contributed by atoms with Gasteiger partial charge in [0.2, 0.25) is 5.91 Å². The molecule has 26 heavy (non-hydrogen) atoms. The number of ether oxygens (including phenoxy) is 1. The molecule has 136 valence electrons. The van der Waals surface area contributed by atoms with Crippen LogP contribution in [0, 0.1) is 0 Å². The first-order chi connectivity index (χ1) is 12.6. The molecule has 1 aromatic heterocycles. The van der Waals surface area contributed by atoms with Crippen molar-refractivity contribution in [1.82, 2.24) is 9.88 Å². The molecule has 7 heteroatoms. The van der Waals surface area contributed by atoms with Gasteiger partial charge in [-0.15, -0.1) is 0 Å². The molecule has 0 unspecified atom stereocenters. The maximum atomic E-state index is 12.4. The third-order valence-corrected chi connectivity index (χ3v) is 4.43. The lowest BCUT2D eigenvalue weighted by Gasteiger charge is -2.35. The number of carbonyl (C=O) groups is 2. The molecule has 0 spiro atoms. The summed E-state index contributed by atoms with van der Waals surface area (Å²) in [6.07, 6.45) is 1.70. The van der Waals surface area contributed by atoms with Crippen molar-refractivity contribution >= 4 is 23.2 Å². The minimum atomic E-state index is -0.289. The quantitative estimate of drug-likeness (QED) is 0.909. The number of nitrogens with one attached hydrogen (secondary N) is 1. The molecule has 7 nitrogen and oxygen atoms in total. The van der Waals surface area contributed by atoms with Gasteiger partial charge in [-0.05, 0) is 24.3 Å². The van der Waals surface area contributed by atoms with Crippen LogP contribution >= 0.6 is 0 Å². The summed E-state index contributed by atoms with van der Waals surface area (Å²) in [5, 5.41) is 2.81. The van der Waals surface area contributed by atoms with E-state index in [9.17, 15) is 9.59 Å². The van der Waals surface area contributed by atoms with Gasteiger partial charge < -0.3 is 19.9 Å². The predicted molar refractivity (Wildman–Crippen MR) is 99.7 cm³/mol. The highest BCUT2D eigenvalue weighted by Crippen LogP contribution is 2.23. The minimum absolute atomic E-state index is 0.103. The molecule has 0 aliphatic carbocycles. The lowest BCUT2D eigenvalue weighted by atomic mass is 10.2. The number of anilines is 2. The monoisotopic (exact) mass is 354 g/mol. The average molecular weight is 354 g/mol. The molecule has 2 amide bonds. The fourth-order valence-electron chi connectivity index (χ4n) is 2.92. The number of piperazine rings is 1. The third kappa shape index (κ3) is 3.93. The SMILES string of the molecule is COc1ccccc1NC(=O)c1ccc(N2CCN(C(C)=O)CC2)cn1. The standard InChI is InChI=1S/C19H22N4O3/c1-14(24)22-9-11-23(12-10-22)15-7-8-17(20-13-15)19(25)21-16-5-3-4-6-18(16)26-2/h3-8,13H,9-12H2,1-2H3,(H,21,25). The van der Waals surface area contributed by atoms with Gasteiger partial charge in [0.15, 0.2) is 0 Å². The molecular formula is C19H22N4O3. The fourth-order valence-corrected chi connectivity index (χ4v) is 2.92. The van der Waals surface area contributed by atoms with Gasteiger partial charge in [-0.2, -0.15) is 0 Å². The molecule has 0 radical (unpaired) electrons. The van der Waals surface area contributed by atoms with Crippen LogP contribution in [-0.2, 0) is 4.79 Å². The number of hydrogen-bond donors (Lipinski definition) is 1. The van der Waals surface area contributed by atoms with E-state index in [0.717, 1.165) is 18.8 Å². The van der Waals surface area contributed by atoms with Gasteiger partial charge in [0.05, 0.1) is 24.7 Å². The van der Waals surface area contributed by atoms with Crippen molar-refractivity contribution in [2.45, 2.75) is 6.92 Å². The van der Waals surface area contributed by atoms with Gasteiger partial charge in [-0.25, -0.2) is 4.98 Å². The maximum absolute atomic E-state index is 12.4. The number of methoxy groups -OCH3 is 1. The molecule has 2 aromatic rings. The van der Waals surface area contributed by atoms with Crippen LogP contribution in [0.3, 0.4) is 0 Å². The van der Waals surface area contributed by atoms with E-state index in [0.29, 0.717) is 30.2 Å². The molecule has 1 fully saturated rings. The Morgan fingerprint density at radius 1 is 1.08 bits per heavy atom. The van der Waals surface area contributed by atoms with Gasteiger partial charge in [-0.1, -0.05) is 12.1 Å². The molecule has 2 heterocycles. The summed E-state index contributed by atoms with van der Waals surface area (Å²) in [4.78, 5) is 32.1. The summed E-state index contributed by atoms with van der Waals surface area (Å²) in [6, 6.07) is 10.8. The van der Waals surface area contributed by atoms with Gasteiger partial charge in [-0.3, -0.25) is 9.59 Å². The predicted octanol–water partition coefficient (Wildman–Crippen LogP) is 2.01. The van der Waals surface area contributed by atoms with Crippen molar-refractivity contribution in [3.8, 4) is 5.75 Å². The molecule has 1 saturated heterocycles. The number of para-hydroxylation sites is 2. The van der Waals surface area contributed by atoms with E-state index in [1.165, 1.54) is 0 Å². The zero-order chi connectivity index (χ0) is 18.5. The van der Waals surface area contributed by atoms with Crippen LogP contribution in [0.15, 0.2) is 42.6 Å². The largest absolute Gasteiger partial charge is 0.495 e. The van der Waals surface area contributed by atoms with Crippen LogP contribution in [0.5, 0.6) is 5.75 Å². The second kappa shape index (κ2) is 7.86. The normalized spacial score (nSPS) is 14.1. The smallest absolute Gasteiger partial charge is 0.274 e. The maximum Gasteiger partial charge on any atom is 0.274 e. The highest BCUT2D eigenvalue weighted by Gasteiger charge is 2.19. The Balaban J connectivity index is 1.64. The fraction of sp³-hybridized carbons (Fsp3) is 0.316. The topological polar surface area (TPSA) is 74.8 Å². The van der Waals surface area contributed by atoms with Gasteiger partial charge >= 0.3 is 0 Å². The van der Waals surface area contributed by atoms with Gasteiger partial charge in [0.1, 0.15) is 11.4 Å². The summed E-state index contributed by atoms with van der Waals surface area (Å²) >= 11 is 0. The second-order valence-electron chi connectivity index (χ2n) is 6.05. The number of rotatable bonds is 4. The third-order valence-electron chi connectivity index (χ3n) is 4.43. The Labute approximate surface area is 152 Å². The van der Waals surface area contributed by atoms with Crippen LogP contribution in [0.4, 0.5) is 11.4 Å². The van der Waals surface area contributed by atoms with Gasteiger partial charge in [0, 0.05) is 33.1 Å². The van der Waals surface area contributed by atoms with Crippen molar-refractivity contribution in [2.24, 2.45) is 0 Å². The number of amides is 2. The lowest BCUT2D eigenvalue weighted by molar-refractivity contribution is -0.129. The number of benzene rings is 1. The number of pyridine rings is 1. The van der Waals surface area contributed by atoms with Crippen LogP contribution in [0.2, 0.25) is 0 Å². The highest BCUT2D eigenvalue weighted by atomic mass is 16.5. The van der Waals surface area contributed by atoms with E-state index in [1.807, 2.05) is 23.1 Å². The zero-order valence-electron chi connectivity index (χ0n) is 14.9. The van der Waals surface area contributed by atoms with Gasteiger partial charge in [0.25, 0.3) is 5.91 Å². The molecule has 1 N–H and O–H groups in total. The Morgan fingerprint density at radius 3 is 2.42 bits per heavy atom. The van der Waals surface area contributed by atoms with Crippen molar-refractivity contribution in [1.29, 1.82) is 0 Å². The first-order valence-electron chi connectivity index (χ1n) is 8.49. The van der Waals surface area contributed by atoms with Crippen molar-refractivity contribution in [2.75, 3.05) is 43.5 Å². The number of nitrogens with zero attached hydrogens (tertiary/aromatic N) is 3. The van der Waals surface area contributed by atoms with E-state index >= 15 is 0 Å². The summed E-state index contributed by atoms with van der Waals surface area (Å²) in [5.74, 6) is 0.411. The van der Waals surface area contributed by atoms with Crippen molar-refractivity contribution < 1.29 is 14.3 Å². The molecule has 0 saturated carbocycles. The summed E-state index contributed by atoms with van der Waals surface area (Å²) in [5.41, 5.74) is 1.88. The summed E-state index contributed by atoms with van der Waals surface area (Å²) in [7, 11) is 1.56. The number of aromatic nitrogens is 1. The van der Waals surface area contributed by atoms with Crippen LogP contribution in [0.25, 0.3) is 0 Å². The molecule has 1 aromatic carbocycles. The minimum Gasteiger partial charge on any atom is -0.495 e. The number of hydrogen-bond acceptors (Lipinski definition) is 5. The molecule has 1 aliphatic heterocycles. The summed E-state index contributed by atoms with van der Waals surface area (Å²) < 4.78 is 5.24. The Bertz CT molecular complexity index is 784. The lowest BCUT2D eigenvalue weighted by Crippen LogP contribution is -2.48. The molecule has 1 aliphatic rings. The second-order valence-corrected chi connectivity index (χ2v) is 6.05. The van der Waals surface area contributed by atoms with Crippen LogP contribution in [0.1, 0.15) is 17.4 Å². The number of carbonyl (C=O) groups excluding carboxylic acids is 2. The molecule has 0 bridgehead atoms. The zero-order valence-corrected chi connectivity index (χ0v) is 14.9. The van der Waals surface area contributed by atoms with Crippen LogP contribution < -0.4 is 15.0 Å². The van der Waals surface area contributed by atoms with Crippen molar-refractivity contribution in [3.05, 3.63) is 48.3 Å². The molecule has 0 atom stereocenters. The molecular weight excluding hydrogens is 332 g/mol. The van der Waals surface area contributed by atoms with Crippen LogP contribution in [-0.4, -0.2) is 55.0 Å². The Morgan fingerprint density at radius 2 is 1.81 bits per heavy atom. The van der Waals surface area contributed by atoms with E-state index in [2.05, 4.69) is 15.2 Å². The van der Waals surface area contributed by atoms with E-state index < -0.39 is 0 Å². The van der Waals surface area contributed by atoms with Crippen molar-refractivity contribution in [3.63, 3.8) is 0 Å². The van der Waals surface area contributed by atoms with E-state index in [-0.39, 0.29) is 11.8 Å².